The summed E-state index contributed by atoms with van der Waals surface area (Å²) < 4.78 is 10.2. The van der Waals surface area contributed by atoms with Crippen molar-refractivity contribution in [1.29, 1.82) is 0 Å². The van der Waals surface area contributed by atoms with Crippen molar-refractivity contribution in [3.05, 3.63) is 81.5 Å². The maximum atomic E-state index is 6.63. The minimum atomic E-state index is -0.342. The summed E-state index contributed by atoms with van der Waals surface area (Å²) in [6.45, 7) is 3.21. The van der Waals surface area contributed by atoms with Crippen molar-refractivity contribution in [2.45, 2.75) is 57.4 Å². The zero-order valence-corrected chi connectivity index (χ0v) is 20.0. The smallest absolute Gasteiger partial charge is 0.376 e. The molecule has 0 saturated heterocycles. The van der Waals surface area contributed by atoms with Crippen LogP contribution < -0.4 is 0 Å². The van der Waals surface area contributed by atoms with Gasteiger partial charge in [0.1, 0.15) is 6.54 Å². The third kappa shape index (κ3) is 3.87. The van der Waals surface area contributed by atoms with Gasteiger partial charge in [-0.2, -0.15) is 4.58 Å². The fourth-order valence-electron chi connectivity index (χ4n) is 5.26. The molecule has 0 bridgehead atoms. The van der Waals surface area contributed by atoms with E-state index < -0.39 is 0 Å². The number of benzene rings is 2. The Labute approximate surface area is 193 Å². The highest BCUT2D eigenvalue weighted by Gasteiger charge is 2.61. The second kappa shape index (κ2) is 9.70. The van der Waals surface area contributed by atoms with E-state index in [2.05, 4.69) is 82.0 Å². The summed E-state index contributed by atoms with van der Waals surface area (Å²) in [5, 5.41) is 0. The van der Waals surface area contributed by atoms with E-state index in [-0.39, 0.29) is 5.54 Å². The molecular formula is C26H30BrClNO+. The first-order valence-electron chi connectivity index (χ1n) is 11.2. The molecule has 4 rings (SSSR count). The molecule has 30 heavy (non-hydrogen) atoms. The predicted molar refractivity (Wildman–Crippen MR) is 128 cm³/mol. The standard InChI is InChI=1S/C26H30BrClNO/c1-2-3-9-17-29-25(20-11-10-16-23(27)18-20)30-24(19-28)26(29,22-14-7-8-15-22)21-12-5-4-6-13-21/h4-6,10-13,16,18-19,22H,2-3,7-9,14-15,17H2,1H3/q+1. The number of hydrogen-bond acceptors (Lipinski definition) is 1. The average molecular weight is 488 g/mol. The van der Waals surface area contributed by atoms with Crippen molar-refractivity contribution >= 4 is 33.4 Å². The van der Waals surface area contributed by atoms with Crippen LogP contribution in [0, 0.1) is 5.92 Å². The van der Waals surface area contributed by atoms with Gasteiger partial charge in [0, 0.05) is 22.4 Å². The molecule has 1 aliphatic heterocycles. The minimum absolute atomic E-state index is 0.342. The van der Waals surface area contributed by atoms with Gasteiger partial charge in [-0.3, -0.25) is 0 Å². The van der Waals surface area contributed by atoms with Crippen LogP contribution in [0.15, 0.2) is 70.4 Å². The quantitative estimate of drug-likeness (QED) is 0.289. The average Bonchev–Trinajstić information content (AvgIpc) is 3.41. The van der Waals surface area contributed by atoms with Gasteiger partial charge in [-0.05, 0) is 37.5 Å². The fraction of sp³-hybridized carbons (Fsp3) is 0.423. The number of rotatable bonds is 7. The fourth-order valence-corrected chi connectivity index (χ4v) is 5.87. The van der Waals surface area contributed by atoms with E-state index in [1.807, 2.05) is 0 Å². The molecular weight excluding hydrogens is 458 g/mol. The summed E-state index contributed by atoms with van der Waals surface area (Å²) in [6.07, 6.45) is 8.46. The van der Waals surface area contributed by atoms with Gasteiger partial charge in [-0.15, -0.1) is 0 Å². The Kier molecular flexibility index (Phi) is 7.00. The molecule has 0 amide bonds. The molecule has 2 aromatic rings. The lowest BCUT2D eigenvalue weighted by atomic mass is 9.75. The summed E-state index contributed by atoms with van der Waals surface area (Å²) in [4.78, 5) is 0. The van der Waals surface area contributed by atoms with Crippen LogP contribution >= 0.6 is 27.5 Å². The van der Waals surface area contributed by atoms with Gasteiger partial charge in [-0.1, -0.05) is 90.1 Å². The maximum absolute atomic E-state index is 6.63. The van der Waals surface area contributed by atoms with Crippen LogP contribution in [0.1, 0.15) is 63.0 Å². The monoisotopic (exact) mass is 486 g/mol. The number of hydrogen-bond donors (Lipinski definition) is 0. The Balaban J connectivity index is 1.96. The molecule has 1 saturated carbocycles. The summed E-state index contributed by atoms with van der Waals surface area (Å²) in [5.74, 6) is 2.28. The SMILES string of the molecule is CCCCC[N+]1=C(c2cccc(Br)c2)OC(=CCl)C1(c1ccccc1)C1CCCC1. The maximum Gasteiger partial charge on any atom is 0.376 e. The van der Waals surface area contributed by atoms with E-state index in [4.69, 9.17) is 16.3 Å². The third-order valence-corrected chi connectivity index (χ3v) is 7.26. The molecule has 0 N–H and O–H groups in total. The zero-order chi connectivity index (χ0) is 21.0. The van der Waals surface area contributed by atoms with Gasteiger partial charge in [0.15, 0.2) is 5.76 Å². The largest absolute Gasteiger partial charge is 0.401 e. The Hall–Kier alpha value is -1.58. The van der Waals surface area contributed by atoms with Crippen LogP contribution in [0.25, 0.3) is 0 Å². The highest BCUT2D eigenvalue weighted by atomic mass is 79.9. The van der Waals surface area contributed by atoms with Crippen molar-refractivity contribution in [2.75, 3.05) is 6.54 Å². The van der Waals surface area contributed by atoms with E-state index in [1.54, 1.807) is 5.54 Å². The molecule has 158 valence electrons. The van der Waals surface area contributed by atoms with Gasteiger partial charge in [0.05, 0.1) is 11.1 Å². The Morgan fingerprint density at radius 2 is 1.87 bits per heavy atom. The summed E-state index contributed by atoms with van der Waals surface area (Å²) in [5.41, 5.74) is 3.71. The van der Waals surface area contributed by atoms with Crippen molar-refractivity contribution in [1.82, 2.24) is 0 Å². The lowest BCUT2D eigenvalue weighted by Crippen LogP contribution is -2.45. The minimum Gasteiger partial charge on any atom is -0.401 e. The second-order valence-electron chi connectivity index (χ2n) is 8.36. The first-order chi connectivity index (χ1) is 14.7. The summed E-state index contributed by atoms with van der Waals surface area (Å²) in [7, 11) is 0. The molecule has 1 heterocycles. The first kappa shape index (κ1) is 21.6. The number of ether oxygens (including phenoxy) is 1. The molecule has 1 unspecified atom stereocenters. The third-order valence-electron chi connectivity index (χ3n) is 6.57. The Bertz CT molecular complexity index is 933. The van der Waals surface area contributed by atoms with Gasteiger partial charge in [0.2, 0.25) is 0 Å². The van der Waals surface area contributed by atoms with Crippen molar-refractivity contribution in [2.24, 2.45) is 5.92 Å². The molecule has 1 atom stereocenters. The van der Waals surface area contributed by atoms with Gasteiger partial charge < -0.3 is 4.74 Å². The molecule has 0 radical (unpaired) electrons. The van der Waals surface area contributed by atoms with Crippen LogP contribution in [0.4, 0.5) is 0 Å². The van der Waals surface area contributed by atoms with Crippen molar-refractivity contribution in [3.63, 3.8) is 0 Å². The summed E-state index contributed by atoms with van der Waals surface area (Å²) >= 11 is 10.1. The predicted octanol–water partition coefficient (Wildman–Crippen LogP) is 7.59. The molecule has 0 aromatic heterocycles. The van der Waals surface area contributed by atoms with E-state index in [1.165, 1.54) is 44.1 Å². The Morgan fingerprint density at radius 3 is 2.53 bits per heavy atom. The van der Waals surface area contributed by atoms with E-state index >= 15 is 0 Å². The molecule has 1 aliphatic carbocycles. The van der Waals surface area contributed by atoms with Gasteiger partial charge >= 0.3 is 5.90 Å². The normalized spacial score (nSPS) is 23.4. The van der Waals surface area contributed by atoms with Crippen LogP contribution in [-0.4, -0.2) is 17.0 Å². The van der Waals surface area contributed by atoms with Crippen LogP contribution in [0.5, 0.6) is 0 Å². The van der Waals surface area contributed by atoms with E-state index in [0.29, 0.717) is 5.92 Å². The number of halogens is 2. The number of nitrogens with zero attached hydrogens (tertiary/aromatic N) is 1. The molecule has 2 aliphatic rings. The molecule has 4 heteroatoms. The van der Waals surface area contributed by atoms with Gasteiger partial charge in [0.25, 0.3) is 5.54 Å². The molecule has 2 nitrogen and oxygen atoms in total. The van der Waals surface area contributed by atoms with Crippen LogP contribution in [0.2, 0.25) is 0 Å². The highest BCUT2D eigenvalue weighted by molar-refractivity contribution is 9.10. The zero-order valence-electron chi connectivity index (χ0n) is 17.6. The van der Waals surface area contributed by atoms with Crippen LogP contribution in [-0.2, 0) is 10.3 Å². The van der Waals surface area contributed by atoms with Crippen molar-refractivity contribution in [3.8, 4) is 0 Å². The number of unbranched alkanes of at least 4 members (excludes halogenated alkanes) is 2. The Morgan fingerprint density at radius 1 is 1.10 bits per heavy atom. The van der Waals surface area contributed by atoms with E-state index in [9.17, 15) is 0 Å². The second-order valence-corrected chi connectivity index (χ2v) is 9.50. The van der Waals surface area contributed by atoms with Crippen LogP contribution in [0.3, 0.4) is 0 Å². The molecule has 2 aromatic carbocycles. The first-order valence-corrected chi connectivity index (χ1v) is 12.4. The summed E-state index contributed by atoms with van der Waals surface area (Å²) in [6, 6.07) is 19.3. The molecule has 0 spiro atoms. The topological polar surface area (TPSA) is 12.2 Å². The highest BCUT2D eigenvalue weighted by Crippen LogP contribution is 2.51. The van der Waals surface area contributed by atoms with E-state index in [0.717, 1.165) is 34.7 Å². The van der Waals surface area contributed by atoms with Gasteiger partial charge in [-0.25, -0.2) is 0 Å². The molecule has 1 fully saturated rings. The lowest BCUT2D eigenvalue weighted by Gasteiger charge is -2.32. The lowest BCUT2D eigenvalue weighted by molar-refractivity contribution is -0.611. The van der Waals surface area contributed by atoms with Crippen molar-refractivity contribution < 1.29 is 9.31 Å².